The average Bonchev–Trinajstić information content (AvgIpc) is 2.81. The Morgan fingerprint density at radius 2 is 1.32 bits per heavy atom. The van der Waals surface area contributed by atoms with Crippen molar-refractivity contribution in [3.8, 4) is 0 Å². The lowest BCUT2D eigenvalue weighted by Gasteiger charge is -2.30. The van der Waals surface area contributed by atoms with E-state index in [1.165, 1.54) is 76.2 Å². The number of allylic oxidation sites excluding steroid dienone is 1. The molecule has 0 bridgehead atoms. The van der Waals surface area contributed by atoms with Gasteiger partial charge in [0.25, 0.3) is 0 Å². The summed E-state index contributed by atoms with van der Waals surface area (Å²) in [6.07, 6.45) is 21.0. The van der Waals surface area contributed by atoms with Gasteiger partial charge in [0.05, 0.1) is 18.7 Å². The van der Waals surface area contributed by atoms with Gasteiger partial charge in [-0.25, -0.2) is 0 Å². The first-order valence-electron chi connectivity index (χ1n) is 15.3. The van der Waals surface area contributed by atoms with Crippen LogP contribution < -0.4 is 10.6 Å². The molecule has 0 aromatic carbocycles. The van der Waals surface area contributed by atoms with E-state index >= 15 is 0 Å². The largest absolute Gasteiger partial charge is 0.493 e. The lowest BCUT2D eigenvalue weighted by molar-refractivity contribution is -0.126. The first-order valence-corrected chi connectivity index (χ1v) is 15.3. The van der Waals surface area contributed by atoms with Crippen LogP contribution in [0, 0.1) is 0 Å². The number of ketones is 1. The van der Waals surface area contributed by atoms with E-state index in [0.717, 1.165) is 37.9 Å². The number of Topliss-reactive ketones (excluding diaryl/α,β-unsaturated/α-hetero) is 1. The minimum absolute atomic E-state index is 0.000136. The molecule has 0 spiro atoms. The van der Waals surface area contributed by atoms with Gasteiger partial charge < -0.3 is 20.2 Å². The molecule has 1 aliphatic rings. The van der Waals surface area contributed by atoms with Gasteiger partial charge >= 0.3 is 0 Å². The molecule has 2 N–H and O–H groups in total. The molecule has 2 amide bonds. The topological polar surface area (TPSA) is 84.5 Å². The fourth-order valence-corrected chi connectivity index (χ4v) is 4.70. The summed E-state index contributed by atoms with van der Waals surface area (Å²) in [6, 6.07) is -0.327. The summed E-state index contributed by atoms with van der Waals surface area (Å²) < 4.78 is 6.07. The van der Waals surface area contributed by atoms with E-state index in [1.54, 1.807) is 6.92 Å². The lowest BCUT2D eigenvalue weighted by atomic mass is 9.88. The van der Waals surface area contributed by atoms with Gasteiger partial charge in [-0.05, 0) is 58.4 Å². The summed E-state index contributed by atoms with van der Waals surface area (Å²) in [7, 11) is 0. The molecule has 0 saturated heterocycles. The number of amides is 2. The highest BCUT2D eigenvalue weighted by Gasteiger charge is 2.26. The molecule has 1 unspecified atom stereocenters. The van der Waals surface area contributed by atoms with Crippen LogP contribution in [0.5, 0.6) is 0 Å². The Morgan fingerprint density at radius 1 is 0.784 bits per heavy atom. The van der Waals surface area contributed by atoms with E-state index in [-0.39, 0.29) is 36.3 Å². The summed E-state index contributed by atoms with van der Waals surface area (Å²) >= 11 is 0. The Hall–Kier alpha value is -1.85. The highest BCUT2D eigenvalue weighted by atomic mass is 16.5. The minimum Gasteiger partial charge on any atom is -0.493 e. The van der Waals surface area contributed by atoms with Crippen molar-refractivity contribution in [2.75, 3.05) is 6.54 Å². The number of hydrogen-bond donors (Lipinski definition) is 2. The zero-order chi connectivity index (χ0) is 27.3. The van der Waals surface area contributed by atoms with E-state index in [2.05, 4.69) is 17.6 Å². The van der Waals surface area contributed by atoms with Crippen molar-refractivity contribution in [2.45, 2.75) is 162 Å². The van der Waals surface area contributed by atoms with Gasteiger partial charge in [-0.15, -0.1) is 0 Å². The van der Waals surface area contributed by atoms with Gasteiger partial charge in [-0.3, -0.25) is 9.59 Å². The van der Waals surface area contributed by atoms with Crippen molar-refractivity contribution in [2.24, 2.45) is 0 Å². The number of carbonyl (C=O) groups is 3. The van der Waals surface area contributed by atoms with Crippen LogP contribution in [0.1, 0.15) is 150 Å². The molecule has 214 valence electrons. The Morgan fingerprint density at radius 3 is 1.78 bits per heavy atom. The van der Waals surface area contributed by atoms with Gasteiger partial charge in [0, 0.05) is 12.8 Å². The van der Waals surface area contributed by atoms with Crippen molar-refractivity contribution in [3.63, 3.8) is 0 Å². The molecule has 0 aromatic heterocycles. The maximum Gasteiger partial charge on any atom is 0.239 e. The SMILES string of the molecule is CCCCCCCCCCCCCCCC(=O)NCC(=O)NC(CCC(C)=O)C(OC(C)C)=C1CCC1. The molecule has 0 aliphatic heterocycles. The molecule has 0 aromatic rings. The Bertz CT molecular complexity index is 681. The van der Waals surface area contributed by atoms with Crippen molar-refractivity contribution in [1.82, 2.24) is 10.6 Å². The predicted molar refractivity (Wildman–Crippen MR) is 152 cm³/mol. The monoisotopic (exact) mass is 520 g/mol. The summed E-state index contributed by atoms with van der Waals surface area (Å²) in [5, 5.41) is 5.77. The third-order valence-electron chi connectivity index (χ3n) is 7.06. The second-order valence-electron chi connectivity index (χ2n) is 11.1. The third kappa shape index (κ3) is 17.3. The molecule has 1 fully saturated rings. The van der Waals surface area contributed by atoms with Gasteiger partial charge in [-0.2, -0.15) is 0 Å². The molecular formula is C31H56N2O4. The van der Waals surface area contributed by atoms with Crippen molar-refractivity contribution in [1.29, 1.82) is 0 Å². The molecule has 1 atom stereocenters. The van der Waals surface area contributed by atoms with Crippen LogP contribution in [-0.4, -0.2) is 36.3 Å². The van der Waals surface area contributed by atoms with Crippen LogP contribution >= 0.6 is 0 Å². The summed E-state index contributed by atoms with van der Waals surface area (Å²) in [5.41, 5.74) is 1.23. The molecular weight excluding hydrogens is 464 g/mol. The summed E-state index contributed by atoms with van der Waals surface area (Å²) in [5.74, 6) is 0.591. The first kappa shape index (κ1) is 33.2. The molecule has 6 nitrogen and oxygen atoms in total. The molecule has 37 heavy (non-hydrogen) atoms. The van der Waals surface area contributed by atoms with Crippen molar-refractivity contribution in [3.05, 3.63) is 11.3 Å². The number of hydrogen-bond acceptors (Lipinski definition) is 4. The van der Waals surface area contributed by atoms with Crippen LogP contribution in [0.25, 0.3) is 0 Å². The van der Waals surface area contributed by atoms with Crippen LogP contribution in [0.15, 0.2) is 11.3 Å². The maximum atomic E-state index is 12.6. The van der Waals surface area contributed by atoms with Gasteiger partial charge in [0.15, 0.2) is 0 Å². The maximum absolute atomic E-state index is 12.6. The Labute approximate surface area is 227 Å². The Kier molecular flexibility index (Phi) is 18.9. The van der Waals surface area contributed by atoms with Gasteiger partial charge in [-0.1, -0.05) is 84.0 Å². The van der Waals surface area contributed by atoms with E-state index in [1.807, 2.05) is 13.8 Å². The second kappa shape index (κ2) is 21.1. The fraction of sp³-hybridized carbons (Fsp3) is 0.839. The fourth-order valence-electron chi connectivity index (χ4n) is 4.70. The van der Waals surface area contributed by atoms with E-state index in [9.17, 15) is 14.4 Å². The lowest BCUT2D eigenvalue weighted by Crippen LogP contribution is -2.44. The third-order valence-corrected chi connectivity index (χ3v) is 7.06. The quantitative estimate of drug-likeness (QED) is 0.109. The van der Waals surface area contributed by atoms with E-state index in [4.69, 9.17) is 4.74 Å². The zero-order valence-corrected chi connectivity index (χ0v) is 24.4. The number of carbonyl (C=O) groups excluding carboxylic acids is 3. The number of nitrogens with one attached hydrogen (secondary N) is 2. The van der Waals surface area contributed by atoms with Gasteiger partial charge in [0.2, 0.25) is 11.8 Å². The number of ether oxygens (including phenoxy) is 1. The highest BCUT2D eigenvalue weighted by Crippen LogP contribution is 2.32. The van der Waals surface area contributed by atoms with Gasteiger partial charge in [0.1, 0.15) is 11.5 Å². The van der Waals surface area contributed by atoms with E-state index < -0.39 is 0 Å². The average molecular weight is 521 g/mol. The standard InChI is InChI=1S/C31H56N2O4/c1-5-6-7-8-9-10-11-12-13-14-15-16-17-21-29(35)32-24-30(36)33-28(23-22-26(4)34)31(37-25(2)3)27-19-18-20-27/h25,28H,5-24H2,1-4H3,(H,32,35)(H,33,36). The molecule has 6 heteroatoms. The van der Waals surface area contributed by atoms with Crippen LogP contribution in [-0.2, 0) is 19.1 Å². The minimum atomic E-state index is -0.327. The smallest absolute Gasteiger partial charge is 0.239 e. The zero-order valence-electron chi connectivity index (χ0n) is 24.4. The molecule has 1 aliphatic carbocycles. The molecule has 0 radical (unpaired) electrons. The van der Waals surface area contributed by atoms with Crippen LogP contribution in [0.3, 0.4) is 0 Å². The van der Waals surface area contributed by atoms with Crippen LogP contribution in [0.2, 0.25) is 0 Å². The van der Waals surface area contributed by atoms with Crippen LogP contribution in [0.4, 0.5) is 0 Å². The van der Waals surface area contributed by atoms with E-state index in [0.29, 0.717) is 19.3 Å². The molecule has 1 rings (SSSR count). The highest BCUT2D eigenvalue weighted by molar-refractivity contribution is 5.85. The normalized spacial score (nSPS) is 13.7. The van der Waals surface area contributed by atoms with Crippen molar-refractivity contribution >= 4 is 17.6 Å². The predicted octanol–water partition coefficient (Wildman–Crippen LogP) is 7.30. The first-order chi connectivity index (χ1) is 17.8. The number of rotatable bonds is 23. The second-order valence-corrected chi connectivity index (χ2v) is 11.1. The Balaban J connectivity index is 2.21. The van der Waals surface area contributed by atoms with Crippen molar-refractivity contribution < 1.29 is 19.1 Å². The molecule has 0 heterocycles. The number of unbranched alkanes of at least 4 members (excludes halogenated alkanes) is 12. The summed E-state index contributed by atoms with van der Waals surface area (Å²) in [6.45, 7) is 7.72. The molecule has 1 saturated carbocycles. The summed E-state index contributed by atoms with van der Waals surface area (Å²) in [4.78, 5) is 36.4.